The lowest BCUT2D eigenvalue weighted by molar-refractivity contribution is -0.146. The summed E-state index contributed by atoms with van der Waals surface area (Å²) in [6, 6.07) is -0.745. The minimum absolute atomic E-state index is 0.0524. The Labute approximate surface area is 201 Å². The Balaban J connectivity index is 1.56. The molecule has 5 atom stereocenters. The lowest BCUT2D eigenvalue weighted by Gasteiger charge is -2.32. The molecule has 3 heterocycles. The maximum absolute atomic E-state index is 13.6. The number of alkyl halides is 5. The Kier molecular flexibility index (Phi) is 6.22. The van der Waals surface area contributed by atoms with Crippen LogP contribution < -0.4 is 10.7 Å². The van der Waals surface area contributed by atoms with Gasteiger partial charge in [0.15, 0.2) is 5.69 Å². The molecule has 2 aliphatic heterocycles. The number of nitrogens with one attached hydrogen (secondary N) is 2. The van der Waals surface area contributed by atoms with Crippen molar-refractivity contribution in [1.82, 2.24) is 25.8 Å². The maximum Gasteiger partial charge on any atom is 0.436 e. The van der Waals surface area contributed by atoms with E-state index in [9.17, 15) is 36.7 Å². The Morgan fingerprint density at radius 1 is 1.40 bits per heavy atom. The van der Waals surface area contributed by atoms with E-state index in [4.69, 9.17) is 11.6 Å². The molecule has 2 N–H and O–H groups in total. The molecule has 1 saturated carbocycles. The zero-order valence-corrected chi connectivity index (χ0v) is 19.3. The van der Waals surface area contributed by atoms with E-state index in [1.807, 2.05) is 13.8 Å². The molecule has 4 amide bonds. The van der Waals surface area contributed by atoms with Gasteiger partial charge in [-0.2, -0.15) is 13.2 Å². The van der Waals surface area contributed by atoms with Crippen LogP contribution in [0.15, 0.2) is 10.6 Å². The van der Waals surface area contributed by atoms with E-state index >= 15 is 0 Å². The van der Waals surface area contributed by atoms with E-state index in [-0.39, 0.29) is 36.2 Å². The Morgan fingerprint density at radius 3 is 2.63 bits per heavy atom. The van der Waals surface area contributed by atoms with Crippen molar-refractivity contribution in [2.24, 2.45) is 23.2 Å². The van der Waals surface area contributed by atoms with E-state index in [1.165, 1.54) is 0 Å². The van der Waals surface area contributed by atoms with Crippen molar-refractivity contribution in [1.29, 1.82) is 0 Å². The molecular formula is C20H22ClF4N5O5. The zero-order chi connectivity index (χ0) is 25.9. The number of hydrogen-bond acceptors (Lipinski definition) is 6. The number of carbonyl (C=O) groups is 4. The molecule has 0 spiro atoms. The van der Waals surface area contributed by atoms with Gasteiger partial charge in [0.1, 0.15) is 6.04 Å². The second kappa shape index (κ2) is 8.64. The molecule has 10 nitrogen and oxygen atoms in total. The van der Waals surface area contributed by atoms with Gasteiger partial charge in [-0.05, 0) is 23.7 Å². The molecule has 2 saturated heterocycles. The van der Waals surface area contributed by atoms with E-state index < -0.39 is 52.9 Å². The number of hydrazine groups is 1. The number of hydrogen-bond donors (Lipinski definition) is 2. The molecule has 1 unspecified atom stereocenters. The third kappa shape index (κ3) is 4.55. The van der Waals surface area contributed by atoms with Crippen molar-refractivity contribution in [3.05, 3.63) is 17.5 Å². The number of halogens is 5. The average Bonchev–Trinajstić information content (AvgIpc) is 3.32. The van der Waals surface area contributed by atoms with Gasteiger partial charge in [0.2, 0.25) is 11.7 Å². The van der Waals surface area contributed by atoms with Gasteiger partial charge in [0.05, 0.1) is 12.5 Å². The van der Waals surface area contributed by atoms with Gasteiger partial charge in [0.25, 0.3) is 23.4 Å². The summed E-state index contributed by atoms with van der Waals surface area (Å²) in [4.78, 5) is 51.5. The summed E-state index contributed by atoms with van der Waals surface area (Å²) in [5.41, 5.74) is -1.99. The molecule has 3 fully saturated rings. The summed E-state index contributed by atoms with van der Waals surface area (Å²) in [6.45, 7) is 3.78. The van der Waals surface area contributed by atoms with Crippen LogP contribution in [0.4, 0.5) is 17.6 Å². The fourth-order valence-corrected chi connectivity index (χ4v) is 5.11. The Bertz CT molecular complexity index is 1060. The molecular weight excluding hydrogens is 502 g/mol. The summed E-state index contributed by atoms with van der Waals surface area (Å²) in [5.74, 6) is -5.45. The topological polar surface area (TPSA) is 125 Å². The molecule has 0 aromatic carbocycles. The first-order chi connectivity index (χ1) is 16.2. The predicted molar refractivity (Wildman–Crippen MR) is 109 cm³/mol. The molecule has 4 rings (SSSR count). The van der Waals surface area contributed by atoms with Crippen LogP contribution in [0.2, 0.25) is 0 Å². The van der Waals surface area contributed by atoms with Crippen LogP contribution in [0.5, 0.6) is 0 Å². The smallest absolute Gasteiger partial charge is 0.356 e. The molecule has 1 aromatic heterocycles. The quantitative estimate of drug-likeness (QED) is 0.341. The van der Waals surface area contributed by atoms with Crippen molar-refractivity contribution in [2.75, 3.05) is 19.6 Å². The first-order valence-corrected chi connectivity index (χ1v) is 11.2. The fourth-order valence-electron chi connectivity index (χ4n) is 4.99. The summed E-state index contributed by atoms with van der Waals surface area (Å²) in [7, 11) is 0. The van der Waals surface area contributed by atoms with Gasteiger partial charge >= 0.3 is 6.18 Å². The molecule has 15 heteroatoms. The van der Waals surface area contributed by atoms with Crippen molar-refractivity contribution in [3.63, 3.8) is 0 Å². The number of carbonyl (C=O) groups excluding carboxylic acids is 4. The number of fused-ring (bicyclic) bond motifs is 1. The predicted octanol–water partition coefficient (Wildman–Crippen LogP) is 1.32. The van der Waals surface area contributed by atoms with E-state index in [0.29, 0.717) is 24.0 Å². The standard InChI is InChI=1S/C20H22ClF4N5O5/c1-19(2)9-7-29(17(33)10-5-11(28-35-10)20(23,24)25)13(12(9)19)16(32)27-30(18(34)14(21)22)6-8-3-4-26-15(8)31/h5,8-9,12-14H,3-4,6-7H2,1-2H3,(H,26,31)(H,27,32)/t8-,9-,12-,13-,14?/m0/s1. The second-order valence-electron chi connectivity index (χ2n) is 9.43. The van der Waals surface area contributed by atoms with Crippen LogP contribution >= 0.6 is 11.6 Å². The summed E-state index contributed by atoms with van der Waals surface area (Å²) >= 11 is 5.28. The lowest BCUT2D eigenvalue weighted by atomic mass is 10.0. The molecule has 0 radical (unpaired) electrons. The average molecular weight is 524 g/mol. The largest absolute Gasteiger partial charge is 0.436 e. The summed E-state index contributed by atoms with van der Waals surface area (Å²) in [6.07, 6.45) is -4.48. The summed E-state index contributed by atoms with van der Waals surface area (Å²) in [5, 5.41) is 6.04. The van der Waals surface area contributed by atoms with Crippen molar-refractivity contribution >= 4 is 35.2 Å². The van der Waals surface area contributed by atoms with Gasteiger partial charge in [-0.25, -0.2) is 9.40 Å². The lowest BCUT2D eigenvalue weighted by Crippen LogP contribution is -2.57. The van der Waals surface area contributed by atoms with E-state index in [0.717, 1.165) is 4.90 Å². The monoisotopic (exact) mass is 523 g/mol. The zero-order valence-electron chi connectivity index (χ0n) is 18.6. The van der Waals surface area contributed by atoms with E-state index in [1.54, 1.807) is 0 Å². The number of likely N-dealkylation sites (tertiary alicyclic amines) is 1. The van der Waals surface area contributed by atoms with Crippen molar-refractivity contribution in [3.8, 4) is 0 Å². The third-order valence-corrected chi connectivity index (χ3v) is 7.20. The molecule has 3 aliphatic rings. The van der Waals surface area contributed by atoms with Crippen molar-refractivity contribution < 1.29 is 41.3 Å². The van der Waals surface area contributed by atoms with Crippen LogP contribution in [0.1, 0.15) is 36.5 Å². The minimum Gasteiger partial charge on any atom is -0.356 e. The van der Waals surface area contributed by atoms with Crippen LogP contribution in [-0.2, 0) is 20.6 Å². The van der Waals surface area contributed by atoms with Gasteiger partial charge in [0, 0.05) is 19.2 Å². The van der Waals surface area contributed by atoms with Crippen LogP contribution in [-0.4, -0.2) is 70.0 Å². The number of rotatable bonds is 5. The molecule has 1 aliphatic carbocycles. The van der Waals surface area contributed by atoms with Crippen LogP contribution in [0.3, 0.4) is 0 Å². The molecule has 192 valence electrons. The van der Waals surface area contributed by atoms with Gasteiger partial charge in [-0.1, -0.05) is 30.6 Å². The maximum atomic E-state index is 13.6. The second-order valence-corrected chi connectivity index (χ2v) is 9.82. The van der Waals surface area contributed by atoms with Gasteiger partial charge in [-0.15, -0.1) is 0 Å². The Hall–Kier alpha value is -2.90. The highest BCUT2D eigenvalue weighted by molar-refractivity contribution is 6.29. The van der Waals surface area contributed by atoms with E-state index in [2.05, 4.69) is 20.4 Å². The number of amides is 4. The number of nitrogens with zero attached hydrogens (tertiary/aromatic N) is 3. The van der Waals surface area contributed by atoms with Crippen LogP contribution in [0.25, 0.3) is 0 Å². The number of aromatic nitrogens is 1. The van der Waals surface area contributed by atoms with Crippen LogP contribution in [0, 0.1) is 23.2 Å². The first-order valence-electron chi connectivity index (χ1n) is 10.8. The van der Waals surface area contributed by atoms with Gasteiger partial charge in [-0.3, -0.25) is 24.6 Å². The van der Waals surface area contributed by atoms with Gasteiger partial charge < -0.3 is 14.7 Å². The highest BCUT2D eigenvalue weighted by atomic mass is 35.5. The summed E-state index contributed by atoms with van der Waals surface area (Å²) < 4.78 is 56.8. The molecule has 1 aromatic rings. The normalized spacial score (nSPS) is 27.7. The highest BCUT2D eigenvalue weighted by Gasteiger charge is 2.69. The third-order valence-electron chi connectivity index (χ3n) is 7.01. The Morgan fingerprint density at radius 2 is 2.09 bits per heavy atom. The minimum atomic E-state index is -4.83. The number of piperidine rings is 1. The van der Waals surface area contributed by atoms with Crippen molar-refractivity contribution in [2.45, 2.75) is 38.1 Å². The highest BCUT2D eigenvalue weighted by Crippen LogP contribution is 2.65. The molecule has 35 heavy (non-hydrogen) atoms. The first kappa shape index (κ1) is 25.2. The SMILES string of the molecule is CC1(C)[C@@H]2[C@@H](C(=O)NN(C[C@@H]3CCNC3=O)C(=O)C(F)Cl)N(C(=O)c3cc(C(F)(F)F)no3)C[C@@H]21. The fraction of sp³-hybridized carbons (Fsp3) is 0.650. The molecule has 0 bridgehead atoms.